The highest BCUT2D eigenvalue weighted by Gasteiger charge is 2.27. The Labute approximate surface area is 291 Å². The van der Waals surface area contributed by atoms with E-state index < -0.39 is 40.4 Å². The van der Waals surface area contributed by atoms with Gasteiger partial charge in [-0.3, -0.25) is 4.72 Å². The third kappa shape index (κ3) is 10.4. The summed E-state index contributed by atoms with van der Waals surface area (Å²) in [5.41, 5.74) is 1.58. The summed E-state index contributed by atoms with van der Waals surface area (Å²) in [5, 5.41) is 0. The first-order valence-electron chi connectivity index (χ1n) is 14.1. The second-order valence-electron chi connectivity index (χ2n) is 10.7. The minimum atomic E-state index is -4.22. The Morgan fingerprint density at radius 3 is 1.74 bits per heavy atom. The molecule has 50 heavy (non-hydrogen) atoms. The van der Waals surface area contributed by atoms with Crippen molar-refractivity contribution in [2.45, 2.75) is 6.61 Å². The van der Waals surface area contributed by atoms with Crippen LogP contribution >= 0.6 is 0 Å². The monoisotopic (exact) mass is 771 g/mol. The first kappa shape index (κ1) is 38.1. The van der Waals surface area contributed by atoms with Gasteiger partial charge >= 0.3 is 30.4 Å². The Morgan fingerprint density at radius 1 is 0.580 bits per heavy atom. The minimum absolute atomic E-state index is 0.0299. The van der Waals surface area contributed by atoms with Crippen LogP contribution in [0.4, 0.5) is 5.69 Å². The van der Waals surface area contributed by atoms with Gasteiger partial charge in [-0.05, 0) is 47.5 Å². The molecule has 0 fully saturated rings. The van der Waals surface area contributed by atoms with Crippen molar-refractivity contribution in [2.24, 2.45) is 0 Å². The molecule has 1 N–H and O–H groups in total. The molecule has 0 saturated carbocycles. The first-order chi connectivity index (χ1) is 23.2. The summed E-state index contributed by atoms with van der Waals surface area (Å²) in [7, 11) is -13.2. The maximum Gasteiger partial charge on any atom is 0.306 e. The van der Waals surface area contributed by atoms with Crippen LogP contribution in [0, 0.1) is 0 Å². The van der Waals surface area contributed by atoms with E-state index in [1.807, 2.05) is 0 Å². The molecule has 0 bridgehead atoms. The van der Waals surface area contributed by atoms with E-state index in [0.29, 0.717) is 11.1 Å². The molecule has 15 nitrogen and oxygen atoms in total. The molecule has 0 amide bonds. The average Bonchev–Trinajstić information content (AvgIpc) is 2.98. The number of hydrogen-bond acceptors (Lipinski definition) is 14. The molecule has 0 aromatic heterocycles. The van der Waals surface area contributed by atoms with Crippen molar-refractivity contribution in [2.75, 3.05) is 44.0 Å². The van der Waals surface area contributed by atoms with Gasteiger partial charge in [-0.15, -0.1) is 0 Å². The van der Waals surface area contributed by atoms with Gasteiger partial charge in [0.05, 0.1) is 50.5 Å². The SMILES string of the molecule is COc1cc(-c2ccc(OS(C)(=O)=O)cc2)c(OC)c(OS(C)(=O)=O)c1-c1ccc(OCc2ccccc2NS(C)(=O)=O)c(OS(C)(=O)=O)c1. The molecule has 19 heteroatoms. The van der Waals surface area contributed by atoms with Gasteiger partial charge in [0, 0.05) is 11.1 Å². The second-order valence-corrected chi connectivity index (χ2v) is 17.2. The molecule has 0 aliphatic rings. The number of hydrogen-bond donors (Lipinski definition) is 1. The van der Waals surface area contributed by atoms with Crippen LogP contribution in [-0.4, -0.2) is 72.9 Å². The summed E-state index contributed by atoms with van der Waals surface area (Å²) >= 11 is 0. The van der Waals surface area contributed by atoms with Crippen molar-refractivity contribution in [3.63, 3.8) is 0 Å². The van der Waals surface area contributed by atoms with Crippen molar-refractivity contribution < 1.29 is 60.4 Å². The largest absolute Gasteiger partial charge is 0.496 e. The third-order valence-electron chi connectivity index (χ3n) is 6.44. The lowest BCUT2D eigenvalue weighted by atomic mass is 9.96. The number of benzene rings is 4. The Kier molecular flexibility index (Phi) is 11.1. The third-order valence-corrected chi connectivity index (χ3v) is 8.48. The van der Waals surface area contributed by atoms with Crippen LogP contribution in [0.25, 0.3) is 22.3 Å². The standard InChI is InChI=1S/C31H33NO14S4/c1-41-28-18-24(20-11-14-23(15-12-20)44-48(4,35)36)30(42-2)31(46-50(6,39)40)29(28)21-13-16-26(27(17-21)45-49(5,37)38)43-19-22-9-7-8-10-25(22)32-47(3,33)34/h7-18,32H,19H2,1-6H3. The van der Waals surface area contributed by atoms with Gasteiger partial charge in [-0.2, -0.15) is 25.3 Å². The number of anilines is 1. The van der Waals surface area contributed by atoms with E-state index in [1.54, 1.807) is 18.2 Å². The number of ether oxygens (including phenoxy) is 3. The van der Waals surface area contributed by atoms with E-state index >= 15 is 0 Å². The first-order valence-corrected chi connectivity index (χ1v) is 21.4. The Morgan fingerprint density at radius 2 is 1.18 bits per heavy atom. The molecule has 4 aromatic rings. The zero-order valence-electron chi connectivity index (χ0n) is 27.5. The normalized spacial score (nSPS) is 12.1. The van der Waals surface area contributed by atoms with Crippen molar-refractivity contribution >= 4 is 46.1 Å². The Bertz CT molecular complexity index is 2340. The van der Waals surface area contributed by atoms with E-state index in [9.17, 15) is 33.7 Å². The van der Waals surface area contributed by atoms with Gasteiger partial charge in [0.1, 0.15) is 18.1 Å². The molecular weight excluding hydrogens is 739 g/mol. The Balaban J connectivity index is 1.88. The summed E-state index contributed by atoms with van der Waals surface area (Å²) in [6.07, 6.45) is 3.52. The summed E-state index contributed by atoms with van der Waals surface area (Å²) in [6.45, 7) is -0.208. The predicted octanol–water partition coefficient (Wildman–Crippen LogP) is 4.00. The quantitative estimate of drug-likeness (QED) is 0.170. The fourth-order valence-electron chi connectivity index (χ4n) is 4.68. The van der Waals surface area contributed by atoms with Crippen LogP contribution in [0.2, 0.25) is 0 Å². The molecule has 4 rings (SSSR count). The Hall–Kier alpha value is -4.72. The van der Waals surface area contributed by atoms with Gasteiger partial charge in [0.2, 0.25) is 10.0 Å². The molecule has 0 heterocycles. The van der Waals surface area contributed by atoms with Crippen LogP contribution in [-0.2, 0) is 47.0 Å². The topological polar surface area (TPSA) is 204 Å². The lowest BCUT2D eigenvalue weighted by Gasteiger charge is -2.21. The molecule has 0 radical (unpaired) electrons. The lowest BCUT2D eigenvalue weighted by molar-refractivity contribution is 0.297. The maximum absolute atomic E-state index is 12.6. The molecule has 0 aliphatic carbocycles. The van der Waals surface area contributed by atoms with E-state index in [2.05, 4.69) is 4.72 Å². The molecule has 0 atom stereocenters. The summed E-state index contributed by atoms with van der Waals surface area (Å²) < 4.78 is 132. The number of rotatable bonds is 15. The second kappa shape index (κ2) is 14.6. The van der Waals surface area contributed by atoms with E-state index in [-0.39, 0.29) is 63.5 Å². The molecule has 4 aromatic carbocycles. The average molecular weight is 772 g/mol. The van der Waals surface area contributed by atoms with Gasteiger partial charge in [-0.1, -0.05) is 36.4 Å². The van der Waals surface area contributed by atoms with Crippen LogP contribution < -0.4 is 31.5 Å². The minimum Gasteiger partial charge on any atom is -0.496 e. The zero-order valence-corrected chi connectivity index (χ0v) is 30.7. The number of para-hydroxylation sites is 1. The number of sulfonamides is 1. The van der Waals surface area contributed by atoms with E-state index in [4.69, 9.17) is 26.8 Å². The van der Waals surface area contributed by atoms with Crippen LogP contribution in [0.3, 0.4) is 0 Å². The molecule has 0 saturated heterocycles. The number of methoxy groups -OCH3 is 2. The molecule has 0 unspecified atom stereocenters. The van der Waals surface area contributed by atoms with Crippen LogP contribution in [0.15, 0.2) is 72.8 Å². The zero-order chi connectivity index (χ0) is 37.1. The van der Waals surface area contributed by atoms with E-state index in [1.165, 1.54) is 68.8 Å². The summed E-state index contributed by atoms with van der Waals surface area (Å²) in [4.78, 5) is 0. The number of nitrogens with one attached hydrogen (secondary N) is 1. The lowest BCUT2D eigenvalue weighted by Crippen LogP contribution is -2.12. The predicted molar refractivity (Wildman–Crippen MR) is 186 cm³/mol. The smallest absolute Gasteiger partial charge is 0.306 e. The van der Waals surface area contributed by atoms with Crippen LogP contribution in [0.1, 0.15) is 5.56 Å². The van der Waals surface area contributed by atoms with Gasteiger partial charge in [-0.25, -0.2) is 8.42 Å². The highest BCUT2D eigenvalue weighted by molar-refractivity contribution is 7.92. The molecule has 270 valence electrons. The van der Waals surface area contributed by atoms with Gasteiger partial charge < -0.3 is 26.8 Å². The summed E-state index contributed by atoms with van der Waals surface area (Å²) in [6, 6.07) is 17.8. The highest BCUT2D eigenvalue weighted by atomic mass is 32.2. The van der Waals surface area contributed by atoms with E-state index in [0.717, 1.165) is 25.0 Å². The summed E-state index contributed by atoms with van der Waals surface area (Å²) in [5.74, 6) is -0.643. The molecular formula is C31H33NO14S4. The molecule has 0 spiro atoms. The van der Waals surface area contributed by atoms with Crippen molar-refractivity contribution in [1.29, 1.82) is 0 Å². The fraction of sp³-hybridized carbons (Fsp3) is 0.226. The van der Waals surface area contributed by atoms with Crippen LogP contribution in [0.5, 0.6) is 34.5 Å². The van der Waals surface area contributed by atoms with Gasteiger partial charge in [0.15, 0.2) is 23.0 Å². The van der Waals surface area contributed by atoms with Crippen molar-refractivity contribution in [1.82, 2.24) is 0 Å². The van der Waals surface area contributed by atoms with Crippen molar-refractivity contribution in [3.8, 4) is 56.8 Å². The fourth-order valence-corrected chi connectivity index (χ4v) is 6.65. The highest BCUT2D eigenvalue weighted by Crippen LogP contribution is 2.52. The van der Waals surface area contributed by atoms with Gasteiger partial charge in [0.25, 0.3) is 0 Å². The molecule has 0 aliphatic heterocycles. The van der Waals surface area contributed by atoms with Crippen molar-refractivity contribution in [3.05, 3.63) is 78.4 Å². The maximum atomic E-state index is 12.6.